The van der Waals surface area contributed by atoms with E-state index in [4.69, 9.17) is 0 Å². The number of aryl methyl sites for hydroxylation is 2. The molecule has 3 aromatic rings. The predicted molar refractivity (Wildman–Crippen MR) is 117 cm³/mol. The van der Waals surface area contributed by atoms with E-state index in [1.54, 1.807) is 24.0 Å². The Bertz CT molecular complexity index is 1190. The van der Waals surface area contributed by atoms with E-state index in [0.29, 0.717) is 23.4 Å². The van der Waals surface area contributed by atoms with E-state index >= 15 is 0 Å². The molecule has 31 heavy (non-hydrogen) atoms. The normalized spacial score (nSPS) is 13.2. The molecule has 160 valence electrons. The van der Waals surface area contributed by atoms with Gasteiger partial charge in [-0.2, -0.15) is 0 Å². The summed E-state index contributed by atoms with van der Waals surface area (Å²) in [6.07, 6.45) is 1.89. The number of anilines is 1. The number of para-hydroxylation sites is 1. The first kappa shape index (κ1) is 20.9. The van der Waals surface area contributed by atoms with Crippen LogP contribution in [-0.4, -0.2) is 33.7 Å². The van der Waals surface area contributed by atoms with Crippen LogP contribution in [0.2, 0.25) is 0 Å². The van der Waals surface area contributed by atoms with Gasteiger partial charge in [-0.1, -0.05) is 30.3 Å². The lowest BCUT2D eigenvalue weighted by atomic mass is 10.0. The molecule has 0 aliphatic carbocycles. The summed E-state index contributed by atoms with van der Waals surface area (Å²) in [6, 6.07) is 13.6. The Kier molecular flexibility index (Phi) is 5.95. The molecule has 6 nitrogen and oxygen atoms in total. The second kappa shape index (κ2) is 8.81. The van der Waals surface area contributed by atoms with Gasteiger partial charge in [0.15, 0.2) is 0 Å². The average molecular weight is 421 g/mol. The molecule has 1 N–H and O–H groups in total. The lowest BCUT2D eigenvalue weighted by molar-refractivity contribution is -0.119. The first-order valence-electron chi connectivity index (χ1n) is 10.3. The lowest BCUT2D eigenvalue weighted by Gasteiger charge is -2.30. The van der Waals surface area contributed by atoms with E-state index in [1.807, 2.05) is 24.3 Å². The maximum Gasteiger partial charge on any atom is 0.257 e. The van der Waals surface area contributed by atoms with Gasteiger partial charge in [-0.05, 0) is 43.5 Å². The monoisotopic (exact) mass is 421 g/mol. The minimum absolute atomic E-state index is 0.141. The van der Waals surface area contributed by atoms with Crippen molar-refractivity contribution in [1.82, 2.24) is 9.55 Å². The molecular formula is C24H24FN3O3. The molecule has 2 aromatic carbocycles. The molecule has 0 atom stereocenters. The number of carbonyl (C=O) groups is 1. The first-order valence-corrected chi connectivity index (χ1v) is 10.3. The fourth-order valence-corrected chi connectivity index (χ4v) is 4.11. The molecule has 0 bridgehead atoms. The molecule has 1 aliphatic heterocycles. The number of aliphatic hydroxyl groups excluding tert-OH is 1. The van der Waals surface area contributed by atoms with Crippen molar-refractivity contribution in [2.24, 2.45) is 0 Å². The van der Waals surface area contributed by atoms with Gasteiger partial charge in [-0.25, -0.2) is 9.37 Å². The summed E-state index contributed by atoms with van der Waals surface area (Å²) in [5, 5.41) is 9.38. The van der Waals surface area contributed by atoms with E-state index in [9.17, 15) is 19.1 Å². The SMILES string of the molecule is Cc1nc(-c2cccc(F)c2)n(CC(=O)N2CCCc3ccccc32)c(=O)c1CCO. The van der Waals surface area contributed by atoms with Gasteiger partial charge in [0.05, 0.1) is 0 Å². The second-order valence-corrected chi connectivity index (χ2v) is 7.65. The zero-order valence-corrected chi connectivity index (χ0v) is 17.3. The van der Waals surface area contributed by atoms with Gasteiger partial charge in [-0.3, -0.25) is 14.2 Å². The van der Waals surface area contributed by atoms with E-state index in [-0.39, 0.29) is 36.9 Å². The van der Waals surface area contributed by atoms with Gasteiger partial charge in [0, 0.05) is 42.1 Å². The molecule has 2 heterocycles. The second-order valence-electron chi connectivity index (χ2n) is 7.65. The van der Waals surface area contributed by atoms with Crippen LogP contribution in [0.1, 0.15) is 23.2 Å². The number of rotatable bonds is 5. The smallest absolute Gasteiger partial charge is 0.257 e. The van der Waals surface area contributed by atoms with Crippen LogP contribution in [0.15, 0.2) is 53.3 Å². The Labute approximate surface area is 179 Å². The zero-order chi connectivity index (χ0) is 22.0. The number of hydrogen-bond acceptors (Lipinski definition) is 4. The zero-order valence-electron chi connectivity index (χ0n) is 17.3. The molecular weight excluding hydrogens is 397 g/mol. The van der Waals surface area contributed by atoms with Crippen molar-refractivity contribution >= 4 is 11.6 Å². The molecule has 1 aromatic heterocycles. The number of aliphatic hydroxyl groups is 1. The largest absolute Gasteiger partial charge is 0.396 e. The van der Waals surface area contributed by atoms with Crippen molar-refractivity contribution in [2.75, 3.05) is 18.1 Å². The summed E-state index contributed by atoms with van der Waals surface area (Å²) < 4.78 is 15.2. The van der Waals surface area contributed by atoms with Gasteiger partial charge in [0.1, 0.15) is 18.2 Å². The maximum atomic E-state index is 13.9. The summed E-state index contributed by atoms with van der Waals surface area (Å²) in [6.45, 7) is 1.83. The first-order chi connectivity index (χ1) is 15.0. The molecule has 0 radical (unpaired) electrons. The molecule has 7 heteroatoms. The Morgan fingerprint density at radius 1 is 1.19 bits per heavy atom. The predicted octanol–water partition coefficient (Wildman–Crippen LogP) is 2.87. The number of amides is 1. The number of hydrogen-bond donors (Lipinski definition) is 1. The van der Waals surface area contributed by atoms with Crippen molar-refractivity contribution in [3.05, 3.63) is 81.5 Å². The highest BCUT2D eigenvalue weighted by atomic mass is 19.1. The molecule has 0 saturated heterocycles. The Morgan fingerprint density at radius 3 is 2.77 bits per heavy atom. The van der Waals surface area contributed by atoms with Gasteiger partial charge in [0.25, 0.3) is 5.56 Å². The van der Waals surface area contributed by atoms with Gasteiger partial charge >= 0.3 is 0 Å². The molecule has 0 saturated carbocycles. The van der Waals surface area contributed by atoms with Crippen LogP contribution >= 0.6 is 0 Å². The van der Waals surface area contributed by atoms with Crippen molar-refractivity contribution in [1.29, 1.82) is 0 Å². The van der Waals surface area contributed by atoms with E-state index < -0.39 is 5.82 Å². The van der Waals surface area contributed by atoms with E-state index in [0.717, 1.165) is 24.1 Å². The Hall–Kier alpha value is -3.32. The summed E-state index contributed by atoms with van der Waals surface area (Å²) in [7, 11) is 0. The van der Waals surface area contributed by atoms with Crippen molar-refractivity contribution < 1.29 is 14.3 Å². The highest BCUT2D eigenvalue weighted by molar-refractivity contribution is 5.94. The van der Waals surface area contributed by atoms with Crippen LogP contribution in [0.5, 0.6) is 0 Å². The summed E-state index contributed by atoms with van der Waals surface area (Å²) >= 11 is 0. The lowest BCUT2D eigenvalue weighted by Crippen LogP contribution is -2.41. The topological polar surface area (TPSA) is 75.4 Å². The third-order valence-corrected chi connectivity index (χ3v) is 5.62. The number of carbonyl (C=O) groups excluding carboxylic acids is 1. The summed E-state index contributed by atoms with van der Waals surface area (Å²) in [5.41, 5.74) is 2.81. The summed E-state index contributed by atoms with van der Waals surface area (Å²) in [4.78, 5) is 32.8. The number of fused-ring (bicyclic) bond motifs is 1. The highest BCUT2D eigenvalue weighted by Gasteiger charge is 2.25. The quantitative estimate of drug-likeness (QED) is 0.688. The molecule has 1 aliphatic rings. The highest BCUT2D eigenvalue weighted by Crippen LogP contribution is 2.27. The maximum absolute atomic E-state index is 13.9. The fourth-order valence-electron chi connectivity index (χ4n) is 4.11. The van der Waals surface area contributed by atoms with Gasteiger partial charge in [0.2, 0.25) is 5.91 Å². The Balaban J connectivity index is 1.79. The Morgan fingerprint density at radius 2 is 2.00 bits per heavy atom. The molecule has 0 unspecified atom stereocenters. The number of nitrogens with zero attached hydrogens (tertiary/aromatic N) is 3. The van der Waals surface area contributed by atoms with E-state index in [2.05, 4.69) is 4.98 Å². The van der Waals surface area contributed by atoms with Gasteiger partial charge < -0.3 is 10.0 Å². The summed E-state index contributed by atoms with van der Waals surface area (Å²) in [5.74, 6) is -0.443. The fraction of sp³-hybridized carbons (Fsp3) is 0.292. The average Bonchev–Trinajstić information content (AvgIpc) is 2.78. The molecule has 0 spiro atoms. The van der Waals surface area contributed by atoms with Crippen molar-refractivity contribution in [3.63, 3.8) is 0 Å². The standard InChI is InChI=1S/C24H24FN3O3/c1-16-20(11-13-29)24(31)28(23(26-16)18-7-4-9-19(25)14-18)15-22(30)27-12-5-8-17-6-2-3-10-21(17)27/h2-4,6-7,9-10,14,29H,5,8,11-13,15H2,1H3. The van der Waals surface area contributed by atoms with Crippen LogP contribution < -0.4 is 10.5 Å². The number of aromatic nitrogens is 2. The minimum Gasteiger partial charge on any atom is -0.396 e. The van der Waals surface area contributed by atoms with Crippen LogP contribution in [0, 0.1) is 12.7 Å². The van der Waals surface area contributed by atoms with Gasteiger partial charge in [-0.15, -0.1) is 0 Å². The molecule has 4 rings (SSSR count). The van der Waals surface area contributed by atoms with Crippen LogP contribution in [-0.2, 0) is 24.2 Å². The minimum atomic E-state index is -0.452. The van der Waals surface area contributed by atoms with Crippen LogP contribution in [0.3, 0.4) is 0 Å². The van der Waals surface area contributed by atoms with Crippen LogP contribution in [0.4, 0.5) is 10.1 Å². The third-order valence-electron chi connectivity index (χ3n) is 5.62. The third kappa shape index (κ3) is 4.14. The van der Waals surface area contributed by atoms with E-state index in [1.165, 1.54) is 16.7 Å². The number of benzene rings is 2. The van der Waals surface area contributed by atoms with Crippen molar-refractivity contribution in [2.45, 2.75) is 32.7 Å². The van der Waals surface area contributed by atoms with Crippen LogP contribution in [0.25, 0.3) is 11.4 Å². The molecule has 1 amide bonds. The number of halogens is 1. The van der Waals surface area contributed by atoms with Crippen molar-refractivity contribution in [3.8, 4) is 11.4 Å². The molecule has 0 fully saturated rings.